The summed E-state index contributed by atoms with van der Waals surface area (Å²) in [7, 11) is 0. The van der Waals surface area contributed by atoms with Gasteiger partial charge in [0.05, 0.1) is 17.1 Å². The molecule has 0 fully saturated rings. The minimum atomic E-state index is 0.00472. The van der Waals surface area contributed by atoms with Crippen molar-refractivity contribution in [1.82, 2.24) is 4.90 Å². The fourth-order valence-electron chi connectivity index (χ4n) is 1.88. The van der Waals surface area contributed by atoms with Gasteiger partial charge in [0.1, 0.15) is 0 Å². The number of benzene rings is 1. The van der Waals surface area contributed by atoms with E-state index in [1.807, 2.05) is 25.1 Å². The van der Waals surface area contributed by atoms with E-state index in [4.69, 9.17) is 5.73 Å². The van der Waals surface area contributed by atoms with Crippen molar-refractivity contribution in [3.8, 4) is 0 Å². The summed E-state index contributed by atoms with van der Waals surface area (Å²) in [6, 6.07) is 5.66. The zero-order valence-electron chi connectivity index (χ0n) is 12.6. The lowest BCUT2D eigenvalue weighted by atomic mass is 10.2. The number of nitrogens with one attached hydrogen (secondary N) is 1. The first-order chi connectivity index (χ1) is 9.56. The van der Waals surface area contributed by atoms with Crippen LogP contribution in [0.25, 0.3) is 0 Å². The smallest absolute Gasteiger partial charge is 0.234 e. The van der Waals surface area contributed by atoms with Gasteiger partial charge in [0.25, 0.3) is 0 Å². The third-order valence-corrected chi connectivity index (χ3v) is 4.10. The molecule has 0 aliphatic rings. The quantitative estimate of drug-likeness (QED) is 0.572. The summed E-state index contributed by atoms with van der Waals surface area (Å²) in [6.07, 6.45) is 0. The number of amides is 1. The maximum absolute atomic E-state index is 11.8. The van der Waals surface area contributed by atoms with Gasteiger partial charge in [0, 0.05) is 12.3 Å². The van der Waals surface area contributed by atoms with Crippen LogP contribution in [-0.2, 0) is 4.79 Å². The third-order valence-electron chi connectivity index (χ3n) is 3.16. The van der Waals surface area contributed by atoms with Crippen molar-refractivity contribution in [2.45, 2.75) is 20.8 Å². The summed E-state index contributed by atoms with van der Waals surface area (Å²) in [4.78, 5) is 14.2. The first kappa shape index (κ1) is 16.9. The fraction of sp³-hybridized carbons (Fsp3) is 0.533. The Balaban J connectivity index is 2.30. The summed E-state index contributed by atoms with van der Waals surface area (Å²) in [5.41, 5.74) is 8.28. The van der Waals surface area contributed by atoms with Crippen molar-refractivity contribution in [3.05, 3.63) is 23.8 Å². The van der Waals surface area contributed by atoms with Gasteiger partial charge < -0.3 is 16.0 Å². The van der Waals surface area contributed by atoms with Crippen LogP contribution in [0.3, 0.4) is 0 Å². The van der Waals surface area contributed by atoms with Crippen LogP contribution in [0.15, 0.2) is 18.2 Å². The van der Waals surface area contributed by atoms with E-state index in [9.17, 15) is 4.79 Å². The lowest BCUT2D eigenvalue weighted by Crippen LogP contribution is -2.26. The van der Waals surface area contributed by atoms with Gasteiger partial charge in [0.15, 0.2) is 0 Å². The minimum Gasteiger partial charge on any atom is -0.397 e. The molecular formula is C15H25N3OS. The molecule has 1 aromatic carbocycles. The molecule has 1 aromatic rings. The van der Waals surface area contributed by atoms with Gasteiger partial charge in [-0.1, -0.05) is 19.9 Å². The second-order valence-corrected chi connectivity index (χ2v) is 5.82. The lowest BCUT2D eigenvalue weighted by Gasteiger charge is -2.17. The summed E-state index contributed by atoms with van der Waals surface area (Å²) in [6.45, 7) is 9.43. The number of nitrogen functional groups attached to an aromatic ring is 1. The van der Waals surface area contributed by atoms with Crippen LogP contribution < -0.4 is 11.1 Å². The number of thioether (sulfide) groups is 1. The number of hydrogen-bond donors (Lipinski definition) is 2. The fourth-order valence-corrected chi connectivity index (χ4v) is 2.67. The third kappa shape index (κ3) is 5.84. The monoisotopic (exact) mass is 295 g/mol. The van der Waals surface area contributed by atoms with Crippen LogP contribution in [0, 0.1) is 6.92 Å². The molecule has 1 rings (SSSR count). The SMILES string of the molecule is CCN(CC)CCSCC(=O)Nc1ccc(C)cc1N. The molecule has 0 atom stereocenters. The first-order valence-electron chi connectivity index (χ1n) is 7.02. The molecule has 112 valence electrons. The Bertz CT molecular complexity index is 433. The van der Waals surface area contributed by atoms with Gasteiger partial charge in [-0.2, -0.15) is 11.8 Å². The van der Waals surface area contributed by atoms with Crippen molar-refractivity contribution in [1.29, 1.82) is 0 Å². The van der Waals surface area contributed by atoms with E-state index in [1.165, 1.54) is 0 Å². The van der Waals surface area contributed by atoms with Crippen molar-refractivity contribution < 1.29 is 4.79 Å². The predicted octanol–water partition coefficient (Wildman–Crippen LogP) is 2.59. The normalized spacial score (nSPS) is 10.8. The Kier molecular flexibility index (Phi) is 7.47. The number of rotatable bonds is 8. The number of nitrogens with zero attached hydrogens (tertiary/aromatic N) is 1. The van der Waals surface area contributed by atoms with E-state index in [1.54, 1.807) is 11.8 Å². The number of carbonyl (C=O) groups is 1. The van der Waals surface area contributed by atoms with E-state index < -0.39 is 0 Å². The summed E-state index contributed by atoms with van der Waals surface area (Å²) in [5.74, 6) is 1.44. The molecule has 0 heterocycles. The maximum atomic E-state index is 11.8. The van der Waals surface area contributed by atoms with E-state index in [0.29, 0.717) is 17.1 Å². The highest BCUT2D eigenvalue weighted by molar-refractivity contribution is 7.99. The average Bonchev–Trinajstić information content (AvgIpc) is 2.42. The van der Waals surface area contributed by atoms with E-state index in [0.717, 1.165) is 31.0 Å². The summed E-state index contributed by atoms with van der Waals surface area (Å²) in [5, 5.41) is 2.86. The molecule has 0 aromatic heterocycles. The van der Waals surface area contributed by atoms with Gasteiger partial charge in [0.2, 0.25) is 5.91 Å². The second kappa shape index (κ2) is 8.87. The summed E-state index contributed by atoms with van der Waals surface area (Å²) < 4.78 is 0. The van der Waals surface area contributed by atoms with Crippen LogP contribution in [0.1, 0.15) is 19.4 Å². The van der Waals surface area contributed by atoms with Crippen LogP contribution in [0.5, 0.6) is 0 Å². The number of nitrogens with two attached hydrogens (primary N) is 1. The molecule has 5 heteroatoms. The number of hydrogen-bond acceptors (Lipinski definition) is 4. The molecule has 0 aliphatic carbocycles. The molecule has 0 bridgehead atoms. The molecule has 4 nitrogen and oxygen atoms in total. The Morgan fingerprint density at radius 2 is 2.05 bits per heavy atom. The Labute approximate surface area is 126 Å². The van der Waals surface area contributed by atoms with Crippen LogP contribution in [0.2, 0.25) is 0 Å². The molecule has 0 unspecified atom stereocenters. The zero-order chi connectivity index (χ0) is 15.0. The molecule has 1 amide bonds. The molecule has 0 saturated heterocycles. The molecule has 0 radical (unpaired) electrons. The lowest BCUT2D eigenvalue weighted by molar-refractivity contribution is -0.113. The average molecular weight is 295 g/mol. The highest BCUT2D eigenvalue weighted by Crippen LogP contribution is 2.19. The second-order valence-electron chi connectivity index (χ2n) is 4.72. The highest BCUT2D eigenvalue weighted by Gasteiger charge is 2.06. The molecule has 20 heavy (non-hydrogen) atoms. The first-order valence-corrected chi connectivity index (χ1v) is 8.18. The highest BCUT2D eigenvalue weighted by atomic mass is 32.2. The Morgan fingerprint density at radius 3 is 2.65 bits per heavy atom. The van der Waals surface area contributed by atoms with E-state index in [2.05, 4.69) is 24.1 Å². The molecule has 0 saturated carbocycles. The number of carbonyl (C=O) groups excluding carboxylic acids is 1. The Hall–Kier alpha value is -1.20. The minimum absolute atomic E-state index is 0.00472. The Morgan fingerprint density at radius 1 is 1.35 bits per heavy atom. The largest absolute Gasteiger partial charge is 0.397 e. The van der Waals surface area contributed by atoms with Crippen LogP contribution >= 0.6 is 11.8 Å². The van der Waals surface area contributed by atoms with E-state index in [-0.39, 0.29) is 5.91 Å². The van der Waals surface area contributed by atoms with Crippen molar-refractivity contribution >= 4 is 29.0 Å². The van der Waals surface area contributed by atoms with Crippen molar-refractivity contribution in [2.24, 2.45) is 0 Å². The van der Waals surface area contributed by atoms with Gasteiger partial charge in [-0.25, -0.2) is 0 Å². The summed E-state index contributed by atoms with van der Waals surface area (Å²) >= 11 is 1.65. The molecule has 0 aliphatic heterocycles. The molecule has 0 spiro atoms. The van der Waals surface area contributed by atoms with Crippen LogP contribution in [-0.4, -0.2) is 41.9 Å². The predicted molar refractivity (Wildman–Crippen MR) is 89.3 cm³/mol. The molecule has 3 N–H and O–H groups in total. The number of aryl methyl sites for hydroxylation is 1. The topological polar surface area (TPSA) is 58.4 Å². The van der Waals surface area contributed by atoms with Gasteiger partial charge in [-0.05, 0) is 37.7 Å². The van der Waals surface area contributed by atoms with E-state index >= 15 is 0 Å². The maximum Gasteiger partial charge on any atom is 0.234 e. The van der Waals surface area contributed by atoms with Gasteiger partial charge in [-0.3, -0.25) is 4.79 Å². The van der Waals surface area contributed by atoms with Gasteiger partial charge in [-0.15, -0.1) is 0 Å². The van der Waals surface area contributed by atoms with Crippen molar-refractivity contribution in [2.75, 3.05) is 42.2 Å². The van der Waals surface area contributed by atoms with Crippen LogP contribution in [0.4, 0.5) is 11.4 Å². The number of anilines is 2. The zero-order valence-corrected chi connectivity index (χ0v) is 13.4. The van der Waals surface area contributed by atoms with Gasteiger partial charge >= 0.3 is 0 Å². The molecular weight excluding hydrogens is 270 g/mol. The van der Waals surface area contributed by atoms with Crippen molar-refractivity contribution in [3.63, 3.8) is 0 Å². The standard InChI is InChI=1S/C15H25N3OS/c1-4-18(5-2)8-9-20-11-15(19)17-14-7-6-12(3)10-13(14)16/h6-7,10H,4-5,8-9,11,16H2,1-3H3,(H,17,19).